The number of halogens is 2. The molecule has 0 radical (unpaired) electrons. The summed E-state index contributed by atoms with van der Waals surface area (Å²) in [6.07, 6.45) is 1.02. The second kappa shape index (κ2) is 7.84. The zero-order valence-corrected chi connectivity index (χ0v) is 16.5. The molecule has 0 amide bonds. The smallest absolute Gasteiger partial charge is 0.449 e. The van der Waals surface area contributed by atoms with E-state index in [0.717, 1.165) is 18.9 Å². The Balaban J connectivity index is 1.83. The van der Waals surface area contributed by atoms with Crippen LogP contribution in [0.5, 0.6) is 5.75 Å². The number of fused-ring (bicyclic) bond motifs is 1. The number of aliphatic hydroxyl groups is 1. The highest BCUT2D eigenvalue weighted by atomic mass is 19.1. The zero-order chi connectivity index (χ0) is 21.6. The Labute approximate surface area is 170 Å². The minimum atomic E-state index is -1.67. The van der Waals surface area contributed by atoms with Crippen molar-refractivity contribution in [1.29, 1.82) is 0 Å². The van der Waals surface area contributed by atoms with Gasteiger partial charge >= 0.3 is 6.16 Å². The molecule has 2 aliphatic rings. The van der Waals surface area contributed by atoms with Gasteiger partial charge in [0.2, 0.25) is 5.43 Å². The molecule has 2 N–H and O–H groups in total. The fourth-order valence-corrected chi connectivity index (χ4v) is 4.16. The first kappa shape index (κ1) is 20.5. The van der Waals surface area contributed by atoms with Crippen molar-refractivity contribution in [3.05, 3.63) is 34.1 Å². The average molecular weight is 423 g/mol. The van der Waals surface area contributed by atoms with E-state index < -0.39 is 29.0 Å². The monoisotopic (exact) mass is 423 g/mol. The Morgan fingerprint density at radius 2 is 2.03 bits per heavy atom. The third-order valence-corrected chi connectivity index (χ3v) is 5.76. The molecule has 0 bridgehead atoms. The van der Waals surface area contributed by atoms with E-state index in [2.05, 4.69) is 4.74 Å². The van der Waals surface area contributed by atoms with Gasteiger partial charge in [0.15, 0.2) is 11.6 Å². The van der Waals surface area contributed by atoms with Crippen LogP contribution in [0.4, 0.5) is 19.3 Å². The average Bonchev–Trinajstić information content (AvgIpc) is 3.51. The molecule has 1 atom stereocenters. The fourth-order valence-electron chi connectivity index (χ4n) is 4.16. The number of ether oxygens (including phenoxy) is 1. The van der Waals surface area contributed by atoms with Crippen LogP contribution in [0, 0.1) is 11.6 Å². The topological polar surface area (TPSA) is 95.2 Å². The van der Waals surface area contributed by atoms with Crippen molar-refractivity contribution in [1.82, 2.24) is 9.47 Å². The molecule has 1 saturated heterocycles. The third-order valence-electron chi connectivity index (χ3n) is 5.76. The normalized spacial score (nSPS) is 20.0. The summed E-state index contributed by atoms with van der Waals surface area (Å²) in [5.74, 6) is -2.19. The van der Waals surface area contributed by atoms with Crippen molar-refractivity contribution in [2.75, 3.05) is 37.7 Å². The maximum Gasteiger partial charge on any atom is 0.511 e. The number of benzene rings is 1. The van der Waals surface area contributed by atoms with E-state index >= 15 is 8.78 Å². The highest BCUT2D eigenvalue weighted by Crippen LogP contribution is 2.40. The van der Waals surface area contributed by atoms with Crippen LogP contribution in [0.15, 0.2) is 17.1 Å². The number of rotatable bonds is 5. The summed E-state index contributed by atoms with van der Waals surface area (Å²) < 4.78 is 36.7. The Morgan fingerprint density at radius 1 is 1.30 bits per heavy atom. The highest BCUT2D eigenvalue weighted by molar-refractivity contribution is 5.86. The van der Waals surface area contributed by atoms with Gasteiger partial charge in [0.25, 0.3) is 0 Å². The van der Waals surface area contributed by atoms with Crippen LogP contribution in [-0.2, 0) is 0 Å². The quantitative estimate of drug-likeness (QED) is 0.712. The first-order valence-corrected chi connectivity index (χ1v) is 9.89. The number of nitrogens with zero attached hydrogens (tertiary/aromatic N) is 3. The molecule has 8 nitrogen and oxygen atoms in total. The van der Waals surface area contributed by atoms with Gasteiger partial charge in [-0.1, -0.05) is 0 Å². The van der Waals surface area contributed by atoms with E-state index in [-0.39, 0.29) is 35.3 Å². The van der Waals surface area contributed by atoms with Gasteiger partial charge < -0.3 is 24.4 Å². The van der Waals surface area contributed by atoms with Crippen LogP contribution in [0.2, 0.25) is 0 Å². The summed E-state index contributed by atoms with van der Waals surface area (Å²) in [4.78, 5) is 27.2. The van der Waals surface area contributed by atoms with Gasteiger partial charge in [0, 0.05) is 38.3 Å². The molecular weight excluding hydrogens is 400 g/mol. The Hall–Kier alpha value is -2.72. The van der Waals surface area contributed by atoms with Crippen molar-refractivity contribution in [2.45, 2.75) is 31.8 Å². The summed E-state index contributed by atoms with van der Waals surface area (Å²) in [6.45, 7) is 3.71. The minimum absolute atomic E-state index is 0.0114. The van der Waals surface area contributed by atoms with E-state index in [9.17, 15) is 9.59 Å². The molecular formula is C20H23F2N3O5. The predicted molar refractivity (Wildman–Crippen MR) is 105 cm³/mol. The summed E-state index contributed by atoms with van der Waals surface area (Å²) >= 11 is 0. The van der Waals surface area contributed by atoms with Gasteiger partial charge in [-0.05, 0) is 25.8 Å². The van der Waals surface area contributed by atoms with Crippen molar-refractivity contribution >= 4 is 22.7 Å². The molecule has 2 aromatic rings. The lowest BCUT2D eigenvalue weighted by molar-refractivity contribution is 0.143. The SMILES string of the molecule is CC1CN(c2c(F)cc3c(=O)c(OC(=O)O)cn(C4CC4)c3c2F)CCN1CCO. The standard InChI is InChI=1S/C20H23F2N3O5/c1-11-9-24(5-4-23(11)6-7-26)18-14(21)8-13-17(16(18)22)25(12-2-3-12)10-15(19(13)27)30-20(28)29/h8,10-12,26H,2-7,9H2,1H3,(H,28,29). The number of pyridine rings is 1. The number of carboxylic acid groups (broad SMARTS) is 1. The van der Waals surface area contributed by atoms with Gasteiger partial charge in [0.05, 0.1) is 23.7 Å². The van der Waals surface area contributed by atoms with Crippen LogP contribution in [0.25, 0.3) is 10.9 Å². The molecule has 2 heterocycles. The Kier molecular flexibility index (Phi) is 5.37. The molecule has 1 aromatic carbocycles. The second-order valence-corrected chi connectivity index (χ2v) is 7.80. The van der Waals surface area contributed by atoms with Crippen LogP contribution >= 0.6 is 0 Å². The van der Waals surface area contributed by atoms with E-state index in [1.165, 1.54) is 10.8 Å². The summed E-state index contributed by atoms with van der Waals surface area (Å²) in [5.41, 5.74) is -1.10. The summed E-state index contributed by atoms with van der Waals surface area (Å²) in [7, 11) is 0. The Morgan fingerprint density at radius 3 is 2.63 bits per heavy atom. The number of aromatic nitrogens is 1. The van der Waals surface area contributed by atoms with Gasteiger partial charge in [-0.25, -0.2) is 13.6 Å². The third kappa shape index (κ3) is 3.61. The van der Waals surface area contributed by atoms with Gasteiger partial charge in [-0.3, -0.25) is 9.69 Å². The fraction of sp³-hybridized carbons (Fsp3) is 0.500. The lowest BCUT2D eigenvalue weighted by atomic mass is 10.1. The number of anilines is 1. The first-order valence-electron chi connectivity index (χ1n) is 9.89. The van der Waals surface area contributed by atoms with Crippen LogP contribution in [0.1, 0.15) is 25.8 Å². The molecule has 1 aromatic heterocycles. The minimum Gasteiger partial charge on any atom is -0.449 e. The van der Waals surface area contributed by atoms with Crippen molar-refractivity contribution in [3.63, 3.8) is 0 Å². The second-order valence-electron chi connectivity index (χ2n) is 7.80. The molecule has 1 aliphatic heterocycles. The lowest BCUT2D eigenvalue weighted by Crippen LogP contribution is -2.53. The van der Waals surface area contributed by atoms with Crippen LogP contribution < -0.4 is 15.1 Å². The van der Waals surface area contributed by atoms with Crippen LogP contribution in [0.3, 0.4) is 0 Å². The van der Waals surface area contributed by atoms with E-state index in [1.807, 2.05) is 11.8 Å². The maximum atomic E-state index is 15.7. The predicted octanol–water partition coefficient (Wildman–Crippen LogP) is 2.17. The van der Waals surface area contributed by atoms with Gasteiger partial charge in [-0.15, -0.1) is 0 Å². The van der Waals surface area contributed by atoms with Gasteiger partial charge in [-0.2, -0.15) is 0 Å². The molecule has 1 aliphatic carbocycles. The van der Waals surface area contributed by atoms with Crippen LogP contribution in [-0.4, -0.2) is 64.7 Å². The summed E-state index contributed by atoms with van der Waals surface area (Å²) in [5, 5.41) is 17.8. The van der Waals surface area contributed by atoms with E-state index in [0.29, 0.717) is 26.2 Å². The highest BCUT2D eigenvalue weighted by Gasteiger charge is 2.32. The number of hydrogen-bond acceptors (Lipinski definition) is 6. The largest absolute Gasteiger partial charge is 0.511 e. The first-order chi connectivity index (χ1) is 14.3. The number of β-amino-alcohol motifs (C(OH)–C–C–N with tert-alkyl or cyclic N) is 1. The number of aliphatic hydroxyl groups excluding tert-OH is 1. The molecule has 30 heavy (non-hydrogen) atoms. The molecule has 10 heteroatoms. The molecule has 1 unspecified atom stereocenters. The van der Waals surface area contributed by atoms with Crippen molar-refractivity contribution in [2.24, 2.45) is 0 Å². The molecule has 162 valence electrons. The van der Waals surface area contributed by atoms with E-state index in [1.54, 1.807) is 4.90 Å². The molecule has 1 saturated carbocycles. The molecule has 4 rings (SSSR count). The number of carbonyl (C=O) groups is 1. The maximum absolute atomic E-state index is 15.7. The molecule has 2 fully saturated rings. The molecule has 0 spiro atoms. The lowest BCUT2D eigenvalue weighted by Gasteiger charge is -2.41. The van der Waals surface area contributed by atoms with E-state index in [4.69, 9.17) is 10.2 Å². The Bertz CT molecular complexity index is 1050. The zero-order valence-electron chi connectivity index (χ0n) is 16.5. The number of hydrogen-bond donors (Lipinski definition) is 2. The number of piperazine rings is 1. The summed E-state index contributed by atoms with van der Waals surface area (Å²) in [6, 6.07) is 0.851. The van der Waals surface area contributed by atoms with Crippen molar-refractivity contribution in [3.8, 4) is 5.75 Å². The van der Waals surface area contributed by atoms with Gasteiger partial charge in [0.1, 0.15) is 11.5 Å². The van der Waals surface area contributed by atoms with Crippen molar-refractivity contribution < 1.29 is 28.5 Å².